The number of carbonyl (C=O) groups is 1. The van der Waals surface area contributed by atoms with Gasteiger partial charge in [-0.25, -0.2) is 0 Å². The highest BCUT2D eigenvalue weighted by molar-refractivity contribution is 5.73. The highest BCUT2D eigenvalue weighted by Crippen LogP contribution is 2.06. The molecule has 0 aliphatic heterocycles. The first-order valence-electron chi connectivity index (χ1n) is 8.79. The highest BCUT2D eigenvalue weighted by Gasteiger charge is 1.91. The summed E-state index contributed by atoms with van der Waals surface area (Å²) in [6, 6.07) is 0. The normalized spacial score (nSPS) is 12.6. The Kier molecular flexibility index (Phi) is 16.0. The lowest BCUT2D eigenvalue weighted by Crippen LogP contribution is -1.83. The van der Waals surface area contributed by atoms with Crippen LogP contribution in [0.1, 0.15) is 84.5 Å². The lowest BCUT2D eigenvalue weighted by atomic mass is 10.1. The Hall–Kier alpha value is -1.11. The number of unbranched alkanes of at least 4 members (excludes halogenated alkanes) is 7. The van der Waals surface area contributed by atoms with Crippen molar-refractivity contribution in [2.75, 3.05) is 0 Å². The molecule has 0 atom stereocenters. The lowest BCUT2D eigenvalue weighted by Gasteiger charge is -1.96. The van der Waals surface area contributed by atoms with E-state index in [0.717, 1.165) is 37.5 Å². The SMILES string of the molecule is CCCCC/C=C\CC/C=C(/C=O)C/C=C\CCCCC. The molecular weight excluding hydrogens is 256 g/mol. The maximum atomic E-state index is 11.0. The summed E-state index contributed by atoms with van der Waals surface area (Å²) < 4.78 is 0. The minimum Gasteiger partial charge on any atom is -0.298 e. The van der Waals surface area contributed by atoms with Crippen LogP contribution in [-0.2, 0) is 4.79 Å². The second-order valence-electron chi connectivity index (χ2n) is 5.61. The molecule has 0 aromatic carbocycles. The van der Waals surface area contributed by atoms with Gasteiger partial charge >= 0.3 is 0 Å². The number of carbonyl (C=O) groups excluding carboxylic acids is 1. The van der Waals surface area contributed by atoms with Crippen molar-refractivity contribution in [1.29, 1.82) is 0 Å². The number of hydrogen-bond acceptors (Lipinski definition) is 1. The van der Waals surface area contributed by atoms with Crippen molar-refractivity contribution in [2.24, 2.45) is 0 Å². The zero-order valence-electron chi connectivity index (χ0n) is 14.2. The molecule has 0 saturated heterocycles. The second-order valence-corrected chi connectivity index (χ2v) is 5.61. The largest absolute Gasteiger partial charge is 0.298 e. The van der Waals surface area contributed by atoms with Gasteiger partial charge in [-0.15, -0.1) is 0 Å². The molecule has 0 saturated carbocycles. The Bertz CT molecular complexity index is 310. The standard InChI is InChI=1S/C20H34O/c1-3-5-7-9-11-12-14-16-18-20(19-21)17-15-13-10-8-6-4-2/h11-13,15,18-19H,3-10,14,16-17H2,1-2H3/b12-11-,15-13-,20-18+. The molecule has 1 nitrogen and oxygen atoms in total. The predicted octanol–water partition coefficient (Wildman–Crippen LogP) is 6.56. The molecule has 0 aliphatic carbocycles. The first-order chi connectivity index (χ1) is 10.3. The molecule has 0 amide bonds. The van der Waals surface area contributed by atoms with E-state index in [4.69, 9.17) is 0 Å². The lowest BCUT2D eigenvalue weighted by molar-refractivity contribution is -0.105. The van der Waals surface area contributed by atoms with Crippen LogP contribution in [-0.4, -0.2) is 6.29 Å². The van der Waals surface area contributed by atoms with Crippen molar-refractivity contribution < 1.29 is 4.79 Å². The van der Waals surface area contributed by atoms with Gasteiger partial charge in [-0.2, -0.15) is 0 Å². The van der Waals surface area contributed by atoms with Crippen molar-refractivity contribution >= 4 is 6.29 Å². The third kappa shape index (κ3) is 15.1. The molecule has 0 aliphatic rings. The van der Waals surface area contributed by atoms with Crippen LogP contribution >= 0.6 is 0 Å². The fourth-order valence-corrected chi connectivity index (χ4v) is 2.14. The van der Waals surface area contributed by atoms with E-state index in [1.54, 1.807) is 0 Å². The third-order valence-corrected chi connectivity index (χ3v) is 3.53. The van der Waals surface area contributed by atoms with Crippen LogP contribution in [0.5, 0.6) is 0 Å². The maximum Gasteiger partial charge on any atom is 0.146 e. The summed E-state index contributed by atoms with van der Waals surface area (Å²) in [6.07, 6.45) is 24.8. The molecule has 0 N–H and O–H groups in total. The van der Waals surface area contributed by atoms with Crippen molar-refractivity contribution in [3.05, 3.63) is 36.0 Å². The molecule has 1 heteroatoms. The van der Waals surface area contributed by atoms with E-state index in [2.05, 4.69) is 44.2 Å². The molecule has 0 spiro atoms. The molecule has 0 bridgehead atoms. The first-order valence-corrected chi connectivity index (χ1v) is 8.79. The Morgan fingerprint density at radius 3 is 1.86 bits per heavy atom. The molecule has 0 aromatic heterocycles. The molecular formula is C20H34O. The number of rotatable bonds is 14. The average molecular weight is 290 g/mol. The summed E-state index contributed by atoms with van der Waals surface area (Å²) in [7, 11) is 0. The van der Waals surface area contributed by atoms with Crippen molar-refractivity contribution in [1.82, 2.24) is 0 Å². The molecule has 0 aromatic rings. The van der Waals surface area contributed by atoms with Gasteiger partial charge in [0, 0.05) is 0 Å². The minimum atomic E-state index is 0.788. The van der Waals surface area contributed by atoms with Crippen molar-refractivity contribution in [3.8, 4) is 0 Å². The summed E-state index contributed by atoms with van der Waals surface area (Å²) in [4.78, 5) is 11.0. The van der Waals surface area contributed by atoms with Crippen LogP contribution in [0, 0.1) is 0 Å². The summed E-state index contributed by atoms with van der Waals surface area (Å²) in [5.74, 6) is 0. The maximum absolute atomic E-state index is 11.0. The van der Waals surface area contributed by atoms with Crippen LogP contribution in [0.15, 0.2) is 36.0 Å². The number of allylic oxidation sites excluding steroid dienone is 6. The highest BCUT2D eigenvalue weighted by atomic mass is 16.1. The molecule has 0 radical (unpaired) electrons. The Morgan fingerprint density at radius 2 is 1.29 bits per heavy atom. The van der Waals surface area contributed by atoms with E-state index in [9.17, 15) is 4.79 Å². The van der Waals surface area contributed by atoms with E-state index in [0.29, 0.717) is 0 Å². The van der Waals surface area contributed by atoms with Gasteiger partial charge in [-0.1, -0.05) is 69.9 Å². The minimum absolute atomic E-state index is 0.788. The van der Waals surface area contributed by atoms with Crippen LogP contribution in [0.3, 0.4) is 0 Å². The number of aldehydes is 1. The van der Waals surface area contributed by atoms with Gasteiger partial charge in [0.25, 0.3) is 0 Å². The van der Waals surface area contributed by atoms with Crippen molar-refractivity contribution in [2.45, 2.75) is 84.5 Å². The average Bonchev–Trinajstić information content (AvgIpc) is 2.51. The Labute approximate surface area is 132 Å². The van der Waals surface area contributed by atoms with E-state index in [1.165, 1.54) is 44.9 Å². The molecule has 120 valence electrons. The van der Waals surface area contributed by atoms with Crippen LogP contribution < -0.4 is 0 Å². The van der Waals surface area contributed by atoms with Crippen LogP contribution in [0.4, 0.5) is 0 Å². The third-order valence-electron chi connectivity index (χ3n) is 3.53. The van der Waals surface area contributed by atoms with E-state index < -0.39 is 0 Å². The molecule has 0 rings (SSSR count). The summed E-state index contributed by atoms with van der Waals surface area (Å²) in [6.45, 7) is 4.45. The van der Waals surface area contributed by atoms with Gasteiger partial charge in [0.15, 0.2) is 0 Å². The van der Waals surface area contributed by atoms with E-state index in [1.807, 2.05) is 0 Å². The molecule has 0 fully saturated rings. The zero-order valence-corrected chi connectivity index (χ0v) is 14.2. The summed E-state index contributed by atoms with van der Waals surface area (Å²) in [5.41, 5.74) is 0.918. The van der Waals surface area contributed by atoms with E-state index in [-0.39, 0.29) is 0 Å². The summed E-state index contributed by atoms with van der Waals surface area (Å²) >= 11 is 0. The fraction of sp³-hybridized carbons (Fsp3) is 0.650. The van der Waals surface area contributed by atoms with Gasteiger partial charge in [-0.3, -0.25) is 4.79 Å². The van der Waals surface area contributed by atoms with Gasteiger partial charge in [0.05, 0.1) is 0 Å². The number of hydrogen-bond donors (Lipinski definition) is 0. The second kappa shape index (κ2) is 16.9. The predicted molar refractivity (Wildman–Crippen MR) is 94.6 cm³/mol. The molecule has 0 heterocycles. The van der Waals surface area contributed by atoms with Crippen LogP contribution in [0.2, 0.25) is 0 Å². The van der Waals surface area contributed by atoms with Crippen LogP contribution in [0.25, 0.3) is 0 Å². The quantitative estimate of drug-likeness (QED) is 0.153. The zero-order chi connectivity index (χ0) is 15.6. The molecule has 0 unspecified atom stereocenters. The monoisotopic (exact) mass is 290 g/mol. The van der Waals surface area contributed by atoms with Gasteiger partial charge in [0.1, 0.15) is 6.29 Å². The topological polar surface area (TPSA) is 17.1 Å². The van der Waals surface area contributed by atoms with Gasteiger partial charge < -0.3 is 0 Å². The fourth-order valence-electron chi connectivity index (χ4n) is 2.14. The van der Waals surface area contributed by atoms with Gasteiger partial charge in [0.2, 0.25) is 0 Å². The van der Waals surface area contributed by atoms with Crippen molar-refractivity contribution in [3.63, 3.8) is 0 Å². The first kappa shape index (κ1) is 19.9. The summed E-state index contributed by atoms with van der Waals surface area (Å²) in [5, 5.41) is 0. The smallest absolute Gasteiger partial charge is 0.146 e. The van der Waals surface area contributed by atoms with E-state index >= 15 is 0 Å². The Morgan fingerprint density at radius 1 is 0.714 bits per heavy atom. The van der Waals surface area contributed by atoms with Gasteiger partial charge in [-0.05, 0) is 50.5 Å². The molecule has 21 heavy (non-hydrogen) atoms. The Balaban J connectivity index is 3.72.